The van der Waals surface area contributed by atoms with E-state index in [1.54, 1.807) is 0 Å². The molecule has 3 heterocycles. The summed E-state index contributed by atoms with van der Waals surface area (Å²) in [6.07, 6.45) is 3.86. The quantitative estimate of drug-likeness (QED) is 0.896. The summed E-state index contributed by atoms with van der Waals surface area (Å²) in [5.74, 6) is 1.78. The Bertz CT molecular complexity index is 823. The van der Waals surface area contributed by atoms with Gasteiger partial charge in [0.05, 0.1) is 24.4 Å². The number of amides is 1. The van der Waals surface area contributed by atoms with Crippen molar-refractivity contribution >= 4 is 11.6 Å². The first-order valence-electron chi connectivity index (χ1n) is 9.29. The third kappa shape index (κ3) is 3.09. The molecule has 1 amide bonds. The average molecular weight is 355 g/mol. The second-order valence-electron chi connectivity index (χ2n) is 7.22. The lowest BCUT2D eigenvalue weighted by Crippen LogP contribution is -2.43. The van der Waals surface area contributed by atoms with E-state index in [1.807, 2.05) is 30.9 Å². The zero-order valence-corrected chi connectivity index (χ0v) is 15.4. The third-order valence-electron chi connectivity index (χ3n) is 5.24. The standard InChI is InChI=1S/C20H25N3O3/c1-12-9-14(21)10-16(22-12)18-11-23(7-8-25-18)20(24)19-13(2)26-17-6-4-3-5-15(17)19/h9-10,18H,3-8,11H2,1-2H3,(H2,21,22). The van der Waals surface area contributed by atoms with Gasteiger partial charge in [0, 0.05) is 29.9 Å². The normalized spacial score (nSPS) is 20.1. The first kappa shape index (κ1) is 17.1. The number of rotatable bonds is 2. The topological polar surface area (TPSA) is 81.6 Å². The zero-order valence-electron chi connectivity index (χ0n) is 15.4. The van der Waals surface area contributed by atoms with E-state index in [4.69, 9.17) is 14.9 Å². The first-order chi connectivity index (χ1) is 12.5. The van der Waals surface area contributed by atoms with Gasteiger partial charge in [-0.3, -0.25) is 9.78 Å². The number of pyridine rings is 1. The summed E-state index contributed by atoms with van der Waals surface area (Å²) in [5, 5.41) is 0. The van der Waals surface area contributed by atoms with Crippen molar-refractivity contribution in [2.45, 2.75) is 45.6 Å². The molecule has 1 unspecified atom stereocenters. The number of hydrogen-bond donors (Lipinski definition) is 1. The van der Waals surface area contributed by atoms with Crippen LogP contribution in [0.5, 0.6) is 0 Å². The Hall–Kier alpha value is -2.34. The average Bonchev–Trinajstić information content (AvgIpc) is 2.96. The van der Waals surface area contributed by atoms with Crippen LogP contribution in [0.15, 0.2) is 16.5 Å². The minimum atomic E-state index is -0.252. The maximum absolute atomic E-state index is 13.2. The first-order valence-corrected chi connectivity index (χ1v) is 9.29. The summed E-state index contributed by atoms with van der Waals surface area (Å²) in [7, 11) is 0. The van der Waals surface area contributed by atoms with Gasteiger partial charge in [0.2, 0.25) is 0 Å². The molecule has 6 heteroatoms. The highest BCUT2D eigenvalue weighted by Crippen LogP contribution is 2.32. The molecule has 4 rings (SSSR count). The summed E-state index contributed by atoms with van der Waals surface area (Å²) in [5.41, 5.74) is 10.1. The number of anilines is 1. The lowest BCUT2D eigenvalue weighted by Gasteiger charge is -2.33. The van der Waals surface area contributed by atoms with Gasteiger partial charge < -0.3 is 19.8 Å². The maximum Gasteiger partial charge on any atom is 0.257 e. The molecule has 2 N–H and O–H groups in total. The van der Waals surface area contributed by atoms with E-state index in [-0.39, 0.29) is 12.0 Å². The molecule has 2 aromatic rings. The highest BCUT2D eigenvalue weighted by molar-refractivity contribution is 5.97. The molecule has 138 valence electrons. The Morgan fingerprint density at radius 1 is 1.27 bits per heavy atom. The highest BCUT2D eigenvalue weighted by Gasteiger charge is 2.32. The van der Waals surface area contributed by atoms with Crippen molar-refractivity contribution in [1.82, 2.24) is 9.88 Å². The lowest BCUT2D eigenvalue weighted by atomic mass is 9.94. The fourth-order valence-electron chi connectivity index (χ4n) is 4.04. The van der Waals surface area contributed by atoms with Crippen molar-refractivity contribution in [3.05, 3.63) is 46.2 Å². The molecule has 0 saturated carbocycles. The molecule has 0 spiro atoms. The van der Waals surface area contributed by atoms with Crippen LogP contribution in [0.25, 0.3) is 0 Å². The van der Waals surface area contributed by atoms with Crippen LogP contribution in [0.2, 0.25) is 0 Å². The fraction of sp³-hybridized carbons (Fsp3) is 0.500. The molecule has 0 radical (unpaired) electrons. The Balaban J connectivity index is 1.58. The molecule has 2 aliphatic rings. The summed E-state index contributed by atoms with van der Waals surface area (Å²) in [6.45, 7) is 5.36. The van der Waals surface area contributed by atoms with Gasteiger partial charge in [-0.1, -0.05) is 0 Å². The van der Waals surface area contributed by atoms with E-state index >= 15 is 0 Å². The number of ether oxygens (including phenoxy) is 1. The third-order valence-corrected chi connectivity index (χ3v) is 5.24. The van der Waals surface area contributed by atoms with Crippen LogP contribution in [-0.4, -0.2) is 35.5 Å². The van der Waals surface area contributed by atoms with Gasteiger partial charge in [-0.05, 0) is 45.2 Å². The van der Waals surface area contributed by atoms with Gasteiger partial charge >= 0.3 is 0 Å². The number of hydrogen-bond acceptors (Lipinski definition) is 5. The number of nitrogen functional groups attached to an aromatic ring is 1. The van der Waals surface area contributed by atoms with Gasteiger partial charge in [0.15, 0.2) is 0 Å². The molecule has 1 atom stereocenters. The Morgan fingerprint density at radius 3 is 2.88 bits per heavy atom. The number of carbonyl (C=O) groups excluding carboxylic acids is 1. The fourth-order valence-corrected chi connectivity index (χ4v) is 4.04. The SMILES string of the molecule is Cc1cc(N)cc(C2CN(C(=O)c3c(C)oc4c3CCCC4)CCO2)n1. The summed E-state index contributed by atoms with van der Waals surface area (Å²) < 4.78 is 11.8. The number of morpholine rings is 1. The summed E-state index contributed by atoms with van der Waals surface area (Å²) >= 11 is 0. The van der Waals surface area contributed by atoms with Crippen molar-refractivity contribution in [2.75, 3.05) is 25.4 Å². The van der Waals surface area contributed by atoms with Crippen LogP contribution in [0.3, 0.4) is 0 Å². The van der Waals surface area contributed by atoms with Gasteiger partial charge in [-0.25, -0.2) is 0 Å². The summed E-state index contributed by atoms with van der Waals surface area (Å²) in [4.78, 5) is 19.6. The summed E-state index contributed by atoms with van der Waals surface area (Å²) in [6, 6.07) is 3.66. The molecule has 1 saturated heterocycles. The van der Waals surface area contributed by atoms with Crippen LogP contribution >= 0.6 is 0 Å². The van der Waals surface area contributed by atoms with E-state index in [0.29, 0.717) is 25.4 Å². The number of carbonyl (C=O) groups is 1. The molecule has 0 bridgehead atoms. The van der Waals surface area contributed by atoms with Gasteiger partial charge in [0.25, 0.3) is 5.91 Å². The second kappa shape index (κ2) is 6.76. The zero-order chi connectivity index (χ0) is 18.3. The van der Waals surface area contributed by atoms with E-state index in [2.05, 4.69) is 4.98 Å². The van der Waals surface area contributed by atoms with E-state index in [0.717, 1.165) is 59.7 Å². The van der Waals surface area contributed by atoms with Crippen LogP contribution in [0.4, 0.5) is 5.69 Å². The number of nitrogens with zero attached hydrogens (tertiary/aromatic N) is 2. The number of aromatic nitrogens is 1. The minimum absolute atomic E-state index is 0.0447. The molecule has 26 heavy (non-hydrogen) atoms. The predicted molar refractivity (Wildman–Crippen MR) is 98.1 cm³/mol. The maximum atomic E-state index is 13.2. The molecular formula is C20H25N3O3. The van der Waals surface area contributed by atoms with Crippen molar-refractivity contribution in [1.29, 1.82) is 0 Å². The minimum Gasteiger partial charge on any atom is -0.465 e. The number of nitrogens with two attached hydrogens (primary N) is 1. The van der Waals surface area contributed by atoms with Gasteiger partial charge in [-0.2, -0.15) is 0 Å². The van der Waals surface area contributed by atoms with Crippen molar-refractivity contribution in [3.8, 4) is 0 Å². The molecule has 1 aliphatic carbocycles. The number of furan rings is 1. The van der Waals surface area contributed by atoms with Crippen LogP contribution in [0.1, 0.15) is 57.8 Å². The number of aryl methyl sites for hydroxylation is 3. The number of fused-ring (bicyclic) bond motifs is 1. The molecule has 1 aliphatic heterocycles. The molecule has 1 fully saturated rings. The monoisotopic (exact) mass is 355 g/mol. The van der Waals surface area contributed by atoms with Crippen molar-refractivity contribution in [3.63, 3.8) is 0 Å². The van der Waals surface area contributed by atoms with Crippen LogP contribution in [0, 0.1) is 13.8 Å². The van der Waals surface area contributed by atoms with E-state index < -0.39 is 0 Å². The smallest absolute Gasteiger partial charge is 0.257 e. The molecule has 0 aromatic carbocycles. The molecular weight excluding hydrogens is 330 g/mol. The van der Waals surface area contributed by atoms with Crippen molar-refractivity contribution in [2.24, 2.45) is 0 Å². The Morgan fingerprint density at radius 2 is 2.08 bits per heavy atom. The van der Waals surface area contributed by atoms with Gasteiger partial charge in [-0.15, -0.1) is 0 Å². The Kier molecular flexibility index (Phi) is 4.44. The highest BCUT2D eigenvalue weighted by atomic mass is 16.5. The lowest BCUT2D eigenvalue weighted by molar-refractivity contribution is -0.0248. The molecule has 2 aromatic heterocycles. The van der Waals surface area contributed by atoms with Crippen molar-refractivity contribution < 1.29 is 13.9 Å². The van der Waals surface area contributed by atoms with Crippen LogP contribution < -0.4 is 5.73 Å². The largest absolute Gasteiger partial charge is 0.465 e. The van der Waals surface area contributed by atoms with Gasteiger partial charge in [0.1, 0.15) is 17.6 Å². The van der Waals surface area contributed by atoms with E-state index in [9.17, 15) is 4.79 Å². The van der Waals surface area contributed by atoms with E-state index in [1.165, 1.54) is 0 Å². The van der Waals surface area contributed by atoms with Crippen LogP contribution in [-0.2, 0) is 17.6 Å². The molecule has 6 nitrogen and oxygen atoms in total. The Labute approximate surface area is 153 Å². The predicted octanol–water partition coefficient (Wildman–Crippen LogP) is 2.97. The second-order valence-corrected chi connectivity index (χ2v) is 7.22.